The second-order valence-corrected chi connectivity index (χ2v) is 36.4. The molecular formula is C74H97F3N10O9S4. The predicted octanol–water partition coefficient (Wildman–Crippen LogP) is 11.1. The number of carbonyl (C=O) groups is 4. The number of piperazine rings is 2. The van der Waals surface area contributed by atoms with Crippen molar-refractivity contribution >= 4 is 78.0 Å². The minimum atomic E-state index is -6.16. The number of nitrogens with zero attached hydrogens (tertiary/aromatic N) is 6. The van der Waals surface area contributed by atoms with Crippen molar-refractivity contribution in [1.29, 1.82) is 0 Å². The quantitative estimate of drug-likeness (QED) is 0.0256. The predicted molar refractivity (Wildman–Crippen MR) is 386 cm³/mol. The first-order chi connectivity index (χ1) is 47.2. The number of hydrogen-bond acceptors (Lipinski definition) is 17. The molecule has 2 bridgehead atoms. The van der Waals surface area contributed by atoms with Crippen LogP contribution in [0, 0.1) is 28.6 Å². The summed E-state index contributed by atoms with van der Waals surface area (Å²) in [6.45, 7) is 24.3. The van der Waals surface area contributed by atoms with Crippen molar-refractivity contribution < 1.29 is 54.3 Å². The number of allylic oxidation sites excluding steroid dienone is 1. The maximum atomic E-state index is 14.6. The molecular weight excluding hydrogens is 1360 g/mol. The first-order valence-electron chi connectivity index (χ1n) is 35.0. The van der Waals surface area contributed by atoms with Crippen LogP contribution >= 0.6 is 23.1 Å². The van der Waals surface area contributed by atoms with Crippen LogP contribution in [-0.4, -0.2) is 184 Å². The third-order valence-corrected chi connectivity index (χ3v) is 26.2. The molecule has 12 rings (SSSR count). The average molecular weight is 1460 g/mol. The SMILES string of the molecule is Cc1ncsc1-c1ccc([C@H](C)NC(=O)[C@@H]2C[C@@H](O)CN2C(=O)[C@@H](NC(=O)CCCN2CCN(CC[C@H](CSc3ccccc3)Nc3ccc(S(=O)(=O)NC(=O)c4ccc(N5CCN(CC6=C(C78CC(C)(C7)C8)CC(C)(C)CC6)CC5)cc4)cc3S(=O)(=O)C(F)(F)F)CC2)C(C)(C)C)cc1. The second kappa shape index (κ2) is 30.1. The summed E-state index contributed by atoms with van der Waals surface area (Å²) in [5.41, 5.74) is 3.13. The summed E-state index contributed by atoms with van der Waals surface area (Å²) in [6.07, 6.45) is 7.58. The Morgan fingerprint density at radius 3 is 2.08 bits per heavy atom. The summed E-state index contributed by atoms with van der Waals surface area (Å²) >= 11 is 2.97. The number of hydrogen-bond donors (Lipinski definition) is 5. The molecule has 19 nitrogen and oxygen atoms in total. The average Bonchev–Trinajstić information content (AvgIpc) is 0.727. The number of sulfone groups is 1. The summed E-state index contributed by atoms with van der Waals surface area (Å²) in [5, 5.41) is 19.8. The van der Waals surface area contributed by atoms with Crippen LogP contribution in [-0.2, 0) is 34.2 Å². The summed E-state index contributed by atoms with van der Waals surface area (Å²) < 4.78 is 100. The lowest BCUT2D eigenvalue weighted by molar-refractivity contribution is -0.167. The van der Waals surface area contributed by atoms with Gasteiger partial charge in [-0.05, 0) is 159 Å². The molecule has 0 spiro atoms. The fourth-order valence-electron chi connectivity index (χ4n) is 15.7. The van der Waals surface area contributed by atoms with E-state index in [2.05, 4.69) is 61.3 Å². The highest BCUT2D eigenvalue weighted by atomic mass is 32.2. The van der Waals surface area contributed by atoms with Gasteiger partial charge in [0.2, 0.25) is 17.7 Å². The van der Waals surface area contributed by atoms with Crippen molar-refractivity contribution in [3.05, 3.63) is 131 Å². The highest BCUT2D eigenvalue weighted by Gasteiger charge is 2.67. The van der Waals surface area contributed by atoms with E-state index in [1.165, 1.54) is 60.9 Å². The number of benzene rings is 4. The molecule has 4 amide bonds. The monoisotopic (exact) mass is 1450 g/mol. The van der Waals surface area contributed by atoms with Gasteiger partial charge in [-0.25, -0.2) is 26.5 Å². The standard InChI is InChI=1S/C74H97F3N10O9S4/c1-49(51-16-18-52(19-17-51)65-50(2)78-48-98-65)79-68(91)62-39-57(88)43-87(62)69(92)66(70(3,4)5)81-64(89)15-12-29-83-31-33-84(34-32-83)30-27-55(44-97-58-13-10-9-11-14-58)80-61-25-24-59(40-63(61)99(93,94)74(75,76)77)100(95,96)82-67(90)53-20-22-56(23-21-53)86-37-35-85(36-38-86)42-54-26-28-71(6,7)41-60(54)73-45-72(8,46-73)47-73/h9-11,13-14,16-25,40,48-49,55,57,62,66,80,88H,12,15,26-39,41-47H2,1-8H3,(H,79,91)(H,81,89)(H,82,90)/t49-,55+,57+,62-,66+,72?,73?/m0/s1. The molecule has 0 radical (unpaired) electrons. The zero-order chi connectivity index (χ0) is 71.7. The summed E-state index contributed by atoms with van der Waals surface area (Å²) in [5.74, 6) is -1.93. The molecule has 3 aliphatic heterocycles. The van der Waals surface area contributed by atoms with Crippen molar-refractivity contribution in [2.45, 2.75) is 170 Å². The Kier molecular flexibility index (Phi) is 22.5. The molecule has 5 aromatic rings. The molecule has 5 atom stereocenters. The van der Waals surface area contributed by atoms with Crippen LogP contribution in [0.25, 0.3) is 10.4 Å². The van der Waals surface area contributed by atoms with Crippen LogP contribution in [0.1, 0.15) is 140 Å². The molecule has 4 heterocycles. The van der Waals surface area contributed by atoms with Gasteiger partial charge >= 0.3 is 5.51 Å². The van der Waals surface area contributed by atoms with Gasteiger partial charge in [0.15, 0.2) is 0 Å². The van der Waals surface area contributed by atoms with E-state index in [1.54, 1.807) is 40.1 Å². The van der Waals surface area contributed by atoms with E-state index < -0.39 is 94.3 Å². The molecule has 5 N–H and O–H groups in total. The molecule has 3 saturated carbocycles. The summed E-state index contributed by atoms with van der Waals surface area (Å²) in [4.78, 5) is 70.2. The van der Waals surface area contributed by atoms with Gasteiger partial charge in [0.25, 0.3) is 25.8 Å². The Morgan fingerprint density at radius 1 is 0.810 bits per heavy atom. The van der Waals surface area contributed by atoms with Crippen LogP contribution in [0.15, 0.2) is 128 Å². The van der Waals surface area contributed by atoms with E-state index in [-0.39, 0.29) is 30.9 Å². The fourth-order valence-corrected chi connectivity index (χ4v) is 19.6. The van der Waals surface area contributed by atoms with Gasteiger partial charge in [-0.3, -0.25) is 24.1 Å². The molecule has 3 saturated heterocycles. The number of anilines is 2. The first kappa shape index (κ1) is 74.8. The van der Waals surface area contributed by atoms with Crippen molar-refractivity contribution in [3.8, 4) is 10.4 Å². The Hall–Kier alpha value is -6.39. The fraction of sp³-hybridized carbons (Fsp3) is 0.554. The number of aromatic nitrogens is 1. The van der Waals surface area contributed by atoms with Crippen LogP contribution < -0.4 is 25.6 Å². The smallest absolute Gasteiger partial charge is 0.391 e. The van der Waals surface area contributed by atoms with Gasteiger partial charge in [-0.2, -0.15) is 13.2 Å². The number of nitrogens with one attached hydrogen (secondary N) is 4. The van der Waals surface area contributed by atoms with Crippen LogP contribution in [0.2, 0.25) is 0 Å². The number of halogens is 3. The number of rotatable bonds is 26. The van der Waals surface area contributed by atoms with E-state index in [1.807, 2.05) is 93.9 Å². The van der Waals surface area contributed by atoms with E-state index in [0.29, 0.717) is 80.2 Å². The lowest BCUT2D eigenvalue weighted by Crippen LogP contribution is -2.61. The molecule has 1 aromatic heterocycles. The topological polar surface area (TPSA) is 234 Å². The van der Waals surface area contributed by atoms with Gasteiger partial charge in [-0.1, -0.05) is 95.2 Å². The number of sulfonamides is 1. The molecule has 0 unspecified atom stereocenters. The molecule has 7 aliphatic rings. The number of thioether (sulfide) groups is 1. The zero-order valence-electron chi connectivity index (χ0n) is 58.6. The highest BCUT2D eigenvalue weighted by molar-refractivity contribution is 7.99. The van der Waals surface area contributed by atoms with Crippen LogP contribution in [0.5, 0.6) is 0 Å². The summed E-state index contributed by atoms with van der Waals surface area (Å²) in [7, 11) is -11.1. The number of β-amino-alcohol motifs (C(OH)–C–C–N with tert-alkyl or cyclic N) is 1. The second-order valence-electron chi connectivity index (χ2n) is 30.8. The van der Waals surface area contributed by atoms with Crippen LogP contribution in [0.4, 0.5) is 24.5 Å². The van der Waals surface area contributed by atoms with E-state index >= 15 is 0 Å². The number of carbonyl (C=O) groups excluding carboxylic acids is 4. The Labute approximate surface area is 595 Å². The van der Waals surface area contributed by atoms with Gasteiger partial charge in [0, 0.05) is 113 Å². The lowest BCUT2D eigenvalue weighted by Gasteiger charge is -2.72. The maximum Gasteiger partial charge on any atom is 0.501 e. The number of thiazole rings is 1. The minimum absolute atomic E-state index is 0.0109. The zero-order valence-corrected chi connectivity index (χ0v) is 61.9. The van der Waals surface area contributed by atoms with E-state index in [9.17, 15) is 54.3 Å². The molecule has 4 aliphatic carbocycles. The van der Waals surface area contributed by atoms with Gasteiger partial charge in [0.05, 0.1) is 38.8 Å². The molecule has 4 aromatic carbocycles. The number of aliphatic hydroxyl groups is 1. The third-order valence-electron chi connectivity index (χ3n) is 21.2. The van der Waals surface area contributed by atoms with E-state index in [0.717, 1.165) is 83.6 Å². The number of aliphatic hydroxyl groups excluding tert-OH is 1. The van der Waals surface area contributed by atoms with Gasteiger partial charge in [0.1, 0.15) is 17.0 Å². The molecule has 542 valence electrons. The van der Waals surface area contributed by atoms with Crippen molar-refractivity contribution in [1.82, 2.24) is 39.9 Å². The minimum Gasteiger partial charge on any atom is -0.391 e. The normalized spacial score (nSPS) is 23.2. The highest BCUT2D eigenvalue weighted by Crippen LogP contribution is 2.77. The van der Waals surface area contributed by atoms with Crippen molar-refractivity contribution in [2.75, 3.05) is 94.5 Å². The number of amides is 4. The lowest BCUT2D eigenvalue weighted by atomic mass is 9.33. The maximum absolute atomic E-state index is 14.6. The van der Waals surface area contributed by atoms with Crippen molar-refractivity contribution in [2.24, 2.45) is 21.7 Å². The number of likely N-dealkylation sites (tertiary alicyclic amines) is 1. The first-order valence-corrected chi connectivity index (χ1v) is 39.8. The third kappa shape index (κ3) is 17.5. The van der Waals surface area contributed by atoms with Gasteiger partial charge < -0.3 is 40.7 Å². The number of aryl methyl sites for hydroxylation is 1. The Bertz CT molecular complexity index is 4020. The van der Waals surface area contributed by atoms with Crippen LogP contribution in [0.3, 0.4) is 0 Å². The molecule has 100 heavy (non-hydrogen) atoms. The van der Waals surface area contributed by atoms with Crippen molar-refractivity contribution in [3.63, 3.8) is 0 Å². The summed E-state index contributed by atoms with van der Waals surface area (Å²) in [6, 6.07) is 23.1. The van der Waals surface area contributed by atoms with Gasteiger partial charge in [-0.15, -0.1) is 23.1 Å². The molecule has 26 heteroatoms. The number of alkyl halides is 3. The Balaban J connectivity index is 0.665. The molecule has 6 fully saturated rings. The van der Waals surface area contributed by atoms with E-state index in [4.69, 9.17) is 0 Å². The largest absolute Gasteiger partial charge is 0.501 e. The Morgan fingerprint density at radius 2 is 1.46 bits per heavy atom.